The Hall–Kier alpha value is -2.98. The Kier molecular flexibility index (Phi) is 6.71. The minimum absolute atomic E-state index is 0.0279. The molecule has 1 aromatic rings. The van der Waals surface area contributed by atoms with E-state index in [4.69, 9.17) is 4.74 Å². The van der Waals surface area contributed by atoms with E-state index in [0.29, 0.717) is 18.9 Å². The molecule has 32 heavy (non-hydrogen) atoms. The Morgan fingerprint density at radius 1 is 1.06 bits per heavy atom. The van der Waals surface area contributed by atoms with E-state index in [-0.39, 0.29) is 25.2 Å². The topological polar surface area (TPSA) is 102 Å². The van der Waals surface area contributed by atoms with Crippen molar-refractivity contribution in [3.63, 3.8) is 0 Å². The SMILES string of the molecule is CN(CC(=O)Nc1ccc(N2CCOCC2)cc1)CN1C(=O)C(=O)N(C2CCCC2)C1=O. The molecule has 2 aliphatic heterocycles. The maximum Gasteiger partial charge on any atom is 0.335 e. The molecule has 0 aromatic heterocycles. The van der Waals surface area contributed by atoms with Crippen LogP contribution in [0.3, 0.4) is 0 Å². The van der Waals surface area contributed by atoms with Gasteiger partial charge in [-0.2, -0.15) is 0 Å². The van der Waals surface area contributed by atoms with Gasteiger partial charge in [0, 0.05) is 30.5 Å². The third-order valence-electron chi connectivity index (χ3n) is 6.10. The number of hydrogen-bond acceptors (Lipinski definition) is 7. The molecule has 10 nitrogen and oxygen atoms in total. The predicted molar refractivity (Wildman–Crippen MR) is 117 cm³/mol. The van der Waals surface area contributed by atoms with Crippen molar-refractivity contribution < 1.29 is 23.9 Å². The number of likely N-dealkylation sites (N-methyl/N-ethyl adjacent to an activating group) is 1. The number of carbonyl (C=O) groups excluding carboxylic acids is 4. The summed E-state index contributed by atoms with van der Waals surface area (Å²) in [5.41, 5.74) is 1.74. The average molecular weight is 444 g/mol. The third kappa shape index (κ3) is 4.76. The largest absolute Gasteiger partial charge is 0.378 e. The van der Waals surface area contributed by atoms with E-state index in [9.17, 15) is 19.2 Å². The van der Waals surface area contributed by atoms with Crippen molar-refractivity contribution in [2.24, 2.45) is 0 Å². The number of hydrogen-bond donors (Lipinski definition) is 1. The number of urea groups is 1. The average Bonchev–Trinajstić information content (AvgIpc) is 3.38. The minimum Gasteiger partial charge on any atom is -0.378 e. The highest BCUT2D eigenvalue weighted by Crippen LogP contribution is 2.27. The van der Waals surface area contributed by atoms with Crippen LogP contribution in [0.5, 0.6) is 0 Å². The molecule has 0 spiro atoms. The molecule has 4 rings (SSSR count). The summed E-state index contributed by atoms with van der Waals surface area (Å²) in [5, 5.41) is 2.82. The van der Waals surface area contributed by atoms with Crippen LogP contribution >= 0.6 is 0 Å². The number of imide groups is 2. The van der Waals surface area contributed by atoms with E-state index in [1.165, 1.54) is 0 Å². The van der Waals surface area contributed by atoms with Crippen molar-refractivity contribution in [2.45, 2.75) is 31.7 Å². The zero-order valence-electron chi connectivity index (χ0n) is 18.3. The molecule has 10 heteroatoms. The van der Waals surface area contributed by atoms with E-state index < -0.39 is 17.8 Å². The van der Waals surface area contributed by atoms with Gasteiger partial charge in [0.05, 0.1) is 26.4 Å². The van der Waals surface area contributed by atoms with Crippen LogP contribution in [0.25, 0.3) is 0 Å². The fraction of sp³-hybridized carbons (Fsp3) is 0.545. The fourth-order valence-electron chi connectivity index (χ4n) is 4.45. The van der Waals surface area contributed by atoms with Crippen LogP contribution in [0, 0.1) is 0 Å². The van der Waals surface area contributed by atoms with Crippen molar-refractivity contribution >= 4 is 35.1 Å². The Balaban J connectivity index is 1.28. The molecule has 0 unspecified atom stereocenters. The lowest BCUT2D eigenvalue weighted by Gasteiger charge is -2.29. The molecule has 0 atom stereocenters. The summed E-state index contributed by atoms with van der Waals surface area (Å²) < 4.78 is 5.36. The molecule has 1 saturated carbocycles. The second-order valence-electron chi connectivity index (χ2n) is 8.48. The van der Waals surface area contributed by atoms with Crippen LogP contribution in [0.2, 0.25) is 0 Å². The van der Waals surface area contributed by atoms with Crippen LogP contribution in [-0.4, -0.2) is 91.1 Å². The number of ether oxygens (including phenoxy) is 1. The number of benzene rings is 1. The van der Waals surface area contributed by atoms with E-state index in [2.05, 4.69) is 10.2 Å². The molecule has 1 aromatic carbocycles. The number of nitrogens with one attached hydrogen (secondary N) is 1. The monoisotopic (exact) mass is 443 g/mol. The Morgan fingerprint density at radius 3 is 2.38 bits per heavy atom. The van der Waals surface area contributed by atoms with E-state index in [1.807, 2.05) is 24.3 Å². The molecule has 3 aliphatic rings. The van der Waals surface area contributed by atoms with Gasteiger partial charge in [0.2, 0.25) is 5.91 Å². The van der Waals surface area contributed by atoms with Crippen molar-refractivity contribution in [1.82, 2.24) is 14.7 Å². The first-order chi connectivity index (χ1) is 15.4. The third-order valence-corrected chi connectivity index (χ3v) is 6.10. The van der Waals surface area contributed by atoms with Crippen molar-refractivity contribution in [1.29, 1.82) is 0 Å². The Morgan fingerprint density at radius 2 is 1.72 bits per heavy atom. The maximum atomic E-state index is 12.7. The molecular formula is C22H29N5O5. The van der Waals surface area contributed by atoms with Gasteiger partial charge in [0.1, 0.15) is 0 Å². The molecular weight excluding hydrogens is 414 g/mol. The van der Waals surface area contributed by atoms with Gasteiger partial charge in [0.25, 0.3) is 0 Å². The first kappa shape index (κ1) is 22.2. The highest BCUT2D eigenvalue weighted by atomic mass is 16.5. The number of amides is 5. The number of rotatable bonds is 7. The fourth-order valence-corrected chi connectivity index (χ4v) is 4.45. The molecule has 1 aliphatic carbocycles. The van der Waals surface area contributed by atoms with Gasteiger partial charge in [-0.05, 0) is 44.2 Å². The summed E-state index contributed by atoms with van der Waals surface area (Å²) in [5.74, 6) is -1.86. The smallest absolute Gasteiger partial charge is 0.335 e. The van der Waals surface area contributed by atoms with E-state index in [1.54, 1.807) is 11.9 Å². The van der Waals surface area contributed by atoms with Crippen LogP contribution < -0.4 is 10.2 Å². The number of anilines is 2. The van der Waals surface area contributed by atoms with E-state index in [0.717, 1.165) is 54.3 Å². The van der Waals surface area contributed by atoms with Crippen molar-refractivity contribution in [3.8, 4) is 0 Å². The first-order valence-corrected chi connectivity index (χ1v) is 11.0. The minimum atomic E-state index is -0.826. The molecule has 0 bridgehead atoms. The number of carbonyl (C=O) groups is 4. The molecule has 2 saturated heterocycles. The molecule has 172 valence electrons. The lowest BCUT2D eigenvalue weighted by Crippen LogP contribution is -2.44. The lowest BCUT2D eigenvalue weighted by molar-refractivity contribution is -0.144. The van der Waals surface area contributed by atoms with Gasteiger partial charge >= 0.3 is 17.8 Å². The molecule has 5 amide bonds. The zero-order valence-corrected chi connectivity index (χ0v) is 18.3. The van der Waals surface area contributed by atoms with Gasteiger partial charge in [0.15, 0.2) is 0 Å². The van der Waals surface area contributed by atoms with Crippen molar-refractivity contribution in [2.75, 3.05) is 56.8 Å². The van der Waals surface area contributed by atoms with Crippen LogP contribution in [0.1, 0.15) is 25.7 Å². The second kappa shape index (κ2) is 9.66. The summed E-state index contributed by atoms with van der Waals surface area (Å²) in [6.07, 6.45) is 3.37. The number of morpholine rings is 1. The standard InChI is InChI=1S/C22H29N5O5/c1-24(15-26-20(29)21(30)27(22(26)31)18-4-2-3-5-18)14-19(28)23-16-6-8-17(9-7-16)25-10-12-32-13-11-25/h6-9,18H,2-5,10-15H2,1H3,(H,23,28). The highest BCUT2D eigenvalue weighted by Gasteiger charge is 2.48. The second-order valence-corrected chi connectivity index (χ2v) is 8.48. The van der Waals surface area contributed by atoms with Crippen LogP contribution in [0.4, 0.5) is 16.2 Å². The summed E-state index contributed by atoms with van der Waals surface area (Å²) in [7, 11) is 1.63. The first-order valence-electron chi connectivity index (χ1n) is 11.0. The number of nitrogens with zero attached hydrogens (tertiary/aromatic N) is 4. The van der Waals surface area contributed by atoms with E-state index >= 15 is 0 Å². The Bertz CT molecular complexity index is 877. The lowest BCUT2D eigenvalue weighted by atomic mass is 10.2. The zero-order chi connectivity index (χ0) is 22.7. The molecule has 1 N–H and O–H groups in total. The predicted octanol–water partition coefficient (Wildman–Crippen LogP) is 1.08. The summed E-state index contributed by atoms with van der Waals surface area (Å²) in [4.78, 5) is 55.5. The van der Waals surface area contributed by atoms with Gasteiger partial charge in [-0.25, -0.2) is 9.69 Å². The van der Waals surface area contributed by atoms with Gasteiger partial charge in [-0.3, -0.25) is 24.2 Å². The summed E-state index contributed by atoms with van der Waals surface area (Å²) in [6, 6.07) is 6.81. The maximum absolute atomic E-state index is 12.7. The molecule has 0 radical (unpaired) electrons. The summed E-state index contributed by atoms with van der Waals surface area (Å²) in [6.45, 7) is 2.94. The van der Waals surface area contributed by atoms with Gasteiger partial charge in [-0.15, -0.1) is 0 Å². The molecule has 3 fully saturated rings. The Labute approximate surface area is 187 Å². The van der Waals surface area contributed by atoms with Crippen LogP contribution in [-0.2, 0) is 19.1 Å². The van der Waals surface area contributed by atoms with Crippen molar-refractivity contribution in [3.05, 3.63) is 24.3 Å². The highest BCUT2D eigenvalue weighted by molar-refractivity contribution is 6.44. The summed E-state index contributed by atoms with van der Waals surface area (Å²) >= 11 is 0. The van der Waals surface area contributed by atoms with Gasteiger partial charge in [-0.1, -0.05) is 12.8 Å². The quantitative estimate of drug-likeness (QED) is 0.497. The molecule has 2 heterocycles. The van der Waals surface area contributed by atoms with Gasteiger partial charge < -0.3 is 15.0 Å². The van der Waals surface area contributed by atoms with Crippen LogP contribution in [0.15, 0.2) is 24.3 Å². The normalized spacial score (nSPS) is 20.1.